The number of anilines is 1. The van der Waals surface area contributed by atoms with Gasteiger partial charge in [-0.2, -0.15) is 0 Å². The molecule has 0 bridgehead atoms. The second kappa shape index (κ2) is 7.53. The molecule has 29 heavy (non-hydrogen) atoms. The Morgan fingerprint density at radius 2 is 1.69 bits per heavy atom. The number of carbonyl (C=O) groups is 2. The maximum atomic E-state index is 13.0. The third kappa shape index (κ3) is 3.19. The summed E-state index contributed by atoms with van der Waals surface area (Å²) in [5, 5.41) is 11.4. The Bertz CT molecular complexity index is 1140. The van der Waals surface area contributed by atoms with Crippen LogP contribution in [0.3, 0.4) is 0 Å². The fourth-order valence-corrected chi connectivity index (χ4v) is 3.76. The van der Waals surface area contributed by atoms with E-state index in [-0.39, 0.29) is 11.3 Å². The van der Waals surface area contributed by atoms with Crippen LogP contribution in [-0.2, 0) is 9.59 Å². The summed E-state index contributed by atoms with van der Waals surface area (Å²) in [6, 6.07) is 18.3. The van der Waals surface area contributed by atoms with Crippen LogP contribution >= 0.6 is 11.6 Å². The first kappa shape index (κ1) is 18.9. The zero-order chi connectivity index (χ0) is 20.5. The number of halogens is 1. The Balaban J connectivity index is 2.01. The average molecular weight is 405 g/mol. The van der Waals surface area contributed by atoms with Crippen LogP contribution in [0.25, 0.3) is 5.76 Å². The Morgan fingerprint density at radius 1 is 1.00 bits per heavy atom. The predicted molar refractivity (Wildman–Crippen MR) is 112 cm³/mol. The largest absolute Gasteiger partial charge is 0.507 e. The van der Waals surface area contributed by atoms with Gasteiger partial charge in [-0.05, 0) is 30.2 Å². The molecule has 2 heterocycles. The van der Waals surface area contributed by atoms with Gasteiger partial charge in [-0.25, -0.2) is 4.98 Å². The molecule has 6 heteroatoms. The summed E-state index contributed by atoms with van der Waals surface area (Å²) in [6.07, 6.45) is 1.56. The Kier molecular flexibility index (Phi) is 4.91. The third-order valence-corrected chi connectivity index (χ3v) is 5.25. The predicted octanol–water partition coefficient (Wildman–Crippen LogP) is 4.67. The maximum Gasteiger partial charge on any atom is 0.301 e. The SMILES string of the molecule is Cc1cccnc1N1C(=O)C(=O)C(=C(O)c2ccccc2)[C@H]1c1ccccc1Cl. The summed E-state index contributed by atoms with van der Waals surface area (Å²) in [7, 11) is 0. The van der Waals surface area contributed by atoms with Crippen LogP contribution in [0.5, 0.6) is 0 Å². The van der Waals surface area contributed by atoms with Crippen molar-refractivity contribution in [3.8, 4) is 0 Å². The van der Waals surface area contributed by atoms with E-state index in [2.05, 4.69) is 4.98 Å². The first-order valence-corrected chi connectivity index (χ1v) is 9.41. The molecule has 4 rings (SSSR count). The van der Waals surface area contributed by atoms with Crippen molar-refractivity contribution in [2.45, 2.75) is 13.0 Å². The maximum absolute atomic E-state index is 13.0. The van der Waals surface area contributed by atoms with Gasteiger partial charge in [0, 0.05) is 16.8 Å². The minimum Gasteiger partial charge on any atom is -0.507 e. The van der Waals surface area contributed by atoms with Crippen LogP contribution in [0.4, 0.5) is 5.82 Å². The molecule has 1 N–H and O–H groups in total. The summed E-state index contributed by atoms with van der Waals surface area (Å²) >= 11 is 6.43. The molecule has 0 spiro atoms. The molecule has 1 saturated heterocycles. The Hall–Kier alpha value is -3.44. The smallest absolute Gasteiger partial charge is 0.301 e. The number of ketones is 1. The van der Waals surface area contributed by atoms with E-state index < -0.39 is 17.7 Å². The molecule has 1 fully saturated rings. The van der Waals surface area contributed by atoms with Crippen molar-refractivity contribution >= 4 is 34.9 Å². The number of aryl methyl sites for hydroxylation is 1. The number of aromatic nitrogens is 1. The molecule has 1 atom stereocenters. The average Bonchev–Trinajstić information content (AvgIpc) is 2.99. The molecule has 0 unspecified atom stereocenters. The minimum atomic E-state index is -0.891. The van der Waals surface area contributed by atoms with Crippen LogP contribution in [0.1, 0.15) is 22.7 Å². The lowest BCUT2D eigenvalue weighted by atomic mass is 9.95. The fourth-order valence-electron chi connectivity index (χ4n) is 3.52. The van der Waals surface area contributed by atoms with Gasteiger partial charge in [-0.3, -0.25) is 14.5 Å². The number of pyridine rings is 1. The van der Waals surface area contributed by atoms with E-state index in [1.54, 1.807) is 66.9 Å². The highest BCUT2D eigenvalue weighted by atomic mass is 35.5. The van der Waals surface area contributed by atoms with Crippen LogP contribution in [0.15, 0.2) is 78.5 Å². The lowest BCUT2D eigenvalue weighted by Crippen LogP contribution is -2.31. The number of amides is 1. The molecule has 1 aliphatic heterocycles. The van der Waals surface area contributed by atoms with E-state index in [9.17, 15) is 14.7 Å². The molecular weight excluding hydrogens is 388 g/mol. The fraction of sp³-hybridized carbons (Fsp3) is 0.0870. The van der Waals surface area contributed by atoms with Crippen molar-refractivity contribution in [2.75, 3.05) is 4.90 Å². The molecule has 0 aliphatic carbocycles. The van der Waals surface area contributed by atoms with Gasteiger partial charge in [-0.1, -0.05) is 66.2 Å². The van der Waals surface area contributed by atoms with Crippen molar-refractivity contribution in [3.63, 3.8) is 0 Å². The van der Waals surface area contributed by atoms with Crippen molar-refractivity contribution < 1.29 is 14.7 Å². The molecule has 1 aromatic heterocycles. The molecule has 3 aromatic rings. The van der Waals surface area contributed by atoms with Gasteiger partial charge in [0.2, 0.25) is 0 Å². The van der Waals surface area contributed by atoms with Crippen molar-refractivity contribution in [2.24, 2.45) is 0 Å². The van der Waals surface area contributed by atoms with Gasteiger partial charge >= 0.3 is 5.91 Å². The van der Waals surface area contributed by atoms with Gasteiger partial charge in [0.1, 0.15) is 11.6 Å². The lowest BCUT2D eigenvalue weighted by molar-refractivity contribution is -0.132. The number of Topliss-reactive ketones (excluding diaryl/α,β-unsaturated/α-hetero) is 1. The monoisotopic (exact) mass is 404 g/mol. The quantitative estimate of drug-likeness (QED) is 0.391. The van der Waals surface area contributed by atoms with E-state index in [4.69, 9.17) is 11.6 Å². The Labute approximate surface area is 172 Å². The van der Waals surface area contributed by atoms with Gasteiger partial charge in [0.15, 0.2) is 0 Å². The van der Waals surface area contributed by atoms with Crippen LogP contribution in [0, 0.1) is 6.92 Å². The lowest BCUT2D eigenvalue weighted by Gasteiger charge is -2.26. The van der Waals surface area contributed by atoms with Crippen molar-refractivity contribution in [1.29, 1.82) is 0 Å². The van der Waals surface area contributed by atoms with E-state index >= 15 is 0 Å². The van der Waals surface area contributed by atoms with Gasteiger partial charge in [0.05, 0.1) is 11.6 Å². The molecule has 1 amide bonds. The van der Waals surface area contributed by atoms with Gasteiger partial charge < -0.3 is 5.11 Å². The number of hydrogen-bond acceptors (Lipinski definition) is 4. The van der Waals surface area contributed by atoms with Gasteiger partial charge in [0.25, 0.3) is 5.78 Å². The number of rotatable bonds is 3. The summed E-state index contributed by atoms with van der Waals surface area (Å²) in [6.45, 7) is 1.81. The van der Waals surface area contributed by atoms with Crippen LogP contribution in [0.2, 0.25) is 5.02 Å². The van der Waals surface area contributed by atoms with E-state index in [0.29, 0.717) is 22.0 Å². The van der Waals surface area contributed by atoms with E-state index in [1.165, 1.54) is 4.90 Å². The van der Waals surface area contributed by atoms with Crippen LogP contribution in [-0.4, -0.2) is 21.8 Å². The van der Waals surface area contributed by atoms with Crippen molar-refractivity contribution in [1.82, 2.24) is 4.98 Å². The number of aliphatic hydroxyl groups is 1. The summed E-state index contributed by atoms with van der Waals surface area (Å²) < 4.78 is 0. The Morgan fingerprint density at radius 3 is 2.38 bits per heavy atom. The normalized spacial score (nSPS) is 18.3. The van der Waals surface area contributed by atoms with E-state index in [0.717, 1.165) is 5.56 Å². The number of benzene rings is 2. The molecule has 2 aromatic carbocycles. The molecular formula is C23H17ClN2O3. The first-order chi connectivity index (χ1) is 14.0. The topological polar surface area (TPSA) is 70.5 Å². The number of hydrogen-bond donors (Lipinski definition) is 1. The minimum absolute atomic E-state index is 0.0145. The zero-order valence-corrected chi connectivity index (χ0v) is 16.3. The molecule has 0 radical (unpaired) electrons. The number of carbonyl (C=O) groups excluding carboxylic acids is 2. The molecule has 5 nitrogen and oxygen atoms in total. The summed E-state index contributed by atoms with van der Waals surface area (Å²) in [5.41, 5.74) is 1.70. The van der Waals surface area contributed by atoms with Crippen LogP contribution < -0.4 is 4.90 Å². The highest BCUT2D eigenvalue weighted by molar-refractivity contribution is 6.52. The molecule has 144 valence electrons. The number of nitrogens with zero attached hydrogens (tertiary/aromatic N) is 2. The zero-order valence-electron chi connectivity index (χ0n) is 15.5. The van der Waals surface area contributed by atoms with Gasteiger partial charge in [-0.15, -0.1) is 0 Å². The second-order valence-electron chi connectivity index (χ2n) is 6.70. The first-order valence-electron chi connectivity index (χ1n) is 9.03. The highest BCUT2D eigenvalue weighted by Crippen LogP contribution is 2.44. The molecule has 1 aliphatic rings. The standard InChI is InChI=1S/C23H17ClN2O3/c1-14-8-7-13-25-22(14)26-19(16-11-5-6-12-17(16)24)18(21(28)23(26)29)20(27)15-9-3-2-4-10-15/h2-13,19,27H,1H3/t19-/m1/s1. The summed E-state index contributed by atoms with van der Waals surface area (Å²) in [4.78, 5) is 31.7. The van der Waals surface area contributed by atoms with Crippen molar-refractivity contribution in [3.05, 3.63) is 100 Å². The highest BCUT2D eigenvalue weighted by Gasteiger charge is 2.48. The third-order valence-electron chi connectivity index (χ3n) is 4.90. The second-order valence-corrected chi connectivity index (χ2v) is 7.11. The molecule has 0 saturated carbocycles. The number of aliphatic hydroxyl groups excluding tert-OH is 1. The van der Waals surface area contributed by atoms with E-state index in [1.807, 2.05) is 13.0 Å². The summed E-state index contributed by atoms with van der Waals surface area (Å²) in [5.74, 6) is -1.42.